The molecule has 178 valence electrons. The Morgan fingerprint density at radius 2 is 2.03 bits per heavy atom. The van der Waals surface area contributed by atoms with Gasteiger partial charge in [0.1, 0.15) is 12.8 Å². The number of nitrogens with one attached hydrogen (secondary N) is 1. The molecular formula is C22H24ClF3N4O3. The minimum absolute atomic E-state index is 0.0358. The van der Waals surface area contributed by atoms with Crippen molar-refractivity contribution in [3.8, 4) is 17.0 Å². The van der Waals surface area contributed by atoms with Crippen LogP contribution in [0.4, 0.5) is 13.2 Å². The van der Waals surface area contributed by atoms with E-state index < -0.39 is 18.2 Å². The Balaban J connectivity index is 1.83. The predicted octanol–water partition coefficient (Wildman–Crippen LogP) is 5.05. The second kappa shape index (κ2) is 10.8. The second-order valence-electron chi connectivity index (χ2n) is 7.63. The zero-order chi connectivity index (χ0) is 24.0. The molecule has 7 nitrogen and oxygen atoms in total. The number of ether oxygens (including phenoxy) is 1. The maximum Gasteiger partial charge on any atom is 0.425 e. The van der Waals surface area contributed by atoms with Gasteiger partial charge in [0, 0.05) is 23.0 Å². The molecule has 1 N–H and O–H groups in total. The van der Waals surface area contributed by atoms with Crippen LogP contribution in [0.5, 0.6) is 5.75 Å². The summed E-state index contributed by atoms with van der Waals surface area (Å²) in [7, 11) is 1.48. The van der Waals surface area contributed by atoms with Gasteiger partial charge in [0.25, 0.3) is 5.91 Å². The Hall–Kier alpha value is -2.88. The van der Waals surface area contributed by atoms with E-state index in [1.54, 1.807) is 24.3 Å². The van der Waals surface area contributed by atoms with Gasteiger partial charge in [-0.2, -0.15) is 13.2 Å². The number of amides is 1. The molecule has 1 heterocycles. The minimum Gasteiger partial charge on any atom is -0.477 e. The number of nitrogens with zero attached hydrogens (tertiary/aromatic N) is 3. The van der Waals surface area contributed by atoms with Crippen molar-refractivity contribution in [2.45, 2.75) is 44.9 Å². The standard InChI is InChI=1S/C22H24ClF3N4O3/c1-13(22(24,25)26)33-18-12-27-20(29-19(18)14-7-9-16(23)10-8-14)21(31)28-11-15-5-3-4-6-17(15)30-32-2/h7-10,12-13,15H,3-6,11H2,1-2H3,(H,28,31). The van der Waals surface area contributed by atoms with Gasteiger partial charge in [-0.25, -0.2) is 9.97 Å². The Morgan fingerprint density at radius 1 is 1.30 bits per heavy atom. The number of aromatic nitrogens is 2. The zero-order valence-corrected chi connectivity index (χ0v) is 18.9. The number of benzene rings is 1. The highest BCUT2D eigenvalue weighted by Gasteiger charge is 2.38. The summed E-state index contributed by atoms with van der Waals surface area (Å²) >= 11 is 5.92. The van der Waals surface area contributed by atoms with Crippen molar-refractivity contribution in [1.29, 1.82) is 0 Å². The lowest BCUT2D eigenvalue weighted by Gasteiger charge is -2.23. The highest BCUT2D eigenvalue weighted by atomic mass is 35.5. The quantitative estimate of drug-likeness (QED) is 0.556. The number of carbonyl (C=O) groups excluding carboxylic acids is 1. The molecule has 0 radical (unpaired) electrons. The SMILES string of the molecule is CON=C1CCCCC1CNC(=O)c1ncc(OC(C)C(F)(F)F)c(-c2ccc(Cl)cc2)n1. The van der Waals surface area contributed by atoms with E-state index in [1.807, 2.05) is 0 Å². The first-order valence-corrected chi connectivity index (χ1v) is 10.8. The number of oxime groups is 1. The van der Waals surface area contributed by atoms with Crippen LogP contribution in [0.15, 0.2) is 35.6 Å². The van der Waals surface area contributed by atoms with Crippen LogP contribution in [0.2, 0.25) is 5.02 Å². The molecule has 2 aromatic rings. The summed E-state index contributed by atoms with van der Waals surface area (Å²) in [6, 6.07) is 6.28. The van der Waals surface area contributed by atoms with Crippen LogP contribution < -0.4 is 10.1 Å². The van der Waals surface area contributed by atoms with E-state index in [9.17, 15) is 18.0 Å². The van der Waals surface area contributed by atoms with Crippen LogP contribution >= 0.6 is 11.6 Å². The minimum atomic E-state index is -4.57. The first-order chi connectivity index (χ1) is 15.7. The topological polar surface area (TPSA) is 85.7 Å². The van der Waals surface area contributed by atoms with Crippen molar-refractivity contribution in [2.75, 3.05) is 13.7 Å². The number of alkyl halides is 3. The maximum absolute atomic E-state index is 13.0. The van der Waals surface area contributed by atoms with E-state index in [0.29, 0.717) is 17.1 Å². The molecule has 1 aromatic heterocycles. The van der Waals surface area contributed by atoms with E-state index in [0.717, 1.165) is 44.5 Å². The molecule has 0 saturated heterocycles. The first-order valence-electron chi connectivity index (χ1n) is 10.4. The van der Waals surface area contributed by atoms with Gasteiger partial charge in [0.05, 0.1) is 11.9 Å². The smallest absolute Gasteiger partial charge is 0.425 e. The van der Waals surface area contributed by atoms with Crippen molar-refractivity contribution < 1.29 is 27.5 Å². The highest BCUT2D eigenvalue weighted by molar-refractivity contribution is 6.30. The Kier molecular flexibility index (Phi) is 8.12. The Labute approximate surface area is 194 Å². The van der Waals surface area contributed by atoms with Crippen molar-refractivity contribution in [3.05, 3.63) is 41.3 Å². The third kappa shape index (κ3) is 6.56. The van der Waals surface area contributed by atoms with E-state index in [-0.39, 0.29) is 23.2 Å². The number of rotatable bonds is 7. The first kappa shape index (κ1) is 24.8. The largest absolute Gasteiger partial charge is 0.477 e. The van der Waals surface area contributed by atoms with E-state index in [1.165, 1.54) is 7.11 Å². The maximum atomic E-state index is 13.0. The summed E-state index contributed by atoms with van der Waals surface area (Å²) in [5.41, 5.74) is 1.38. The summed E-state index contributed by atoms with van der Waals surface area (Å²) in [4.78, 5) is 25.8. The van der Waals surface area contributed by atoms with Crippen molar-refractivity contribution >= 4 is 23.2 Å². The molecule has 1 saturated carbocycles. The number of carbonyl (C=O) groups is 1. The summed E-state index contributed by atoms with van der Waals surface area (Å²) in [5.74, 6) is -0.898. The van der Waals surface area contributed by atoms with Gasteiger partial charge in [-0.3, -0.25) is 4.79 Å². The fourth-order valence-corrected chi connectivity index (χ4v) is 3.58. The molecule has 1 fully saturated rings. The predicted molar refractivity (Wildman–Crippen MR) is 117 cm³/mol. The average molecular weight is 485 g/mol. The lowest BCUT2D eigenvalue weighted by Crippen LogP contribution is -2.35. The van der Waals surface area contributed by atoms with E-state index in [4.69, 9.17) is 21.2 Å². The van der Waals surface area contributed by atoms with Crippen LogP contribution in [0.1, 0.15) is 43.2 Å². The number of hydrogen-bond donors (Lipinski definition) is 1. The molecule has 0 aliphatic heterocycles. The molecule has 2 atom stereocenters. The van der Waals surface area contributed by atoms with Crippen LogP contribution in [0, 0.1) is 5.92 Å². The second-order valence-corrected chi connectivity index (χ2v) is 8.07. The molecule has 1 amide bonds. The molecular weight excluding hydrogens is 461 g/mol. The molecule has 33 heavy (non-hydrogen) atoms. The summed E-state index contributed by atoms with van der Waals surface area (Å²) < 4.78 is 44.2. The van der Waals surface area contributed by atoms with Crippen molar-refractivity contribution in [3.63, 3.8) is 0 Å². The van der Waals surface area contributed by atoms with Crippen LogP contribution in [0.3, 0.4) is 0 Å². The normalized spacial score (nSPS) is 18.6. The third-order valence-corrected chi connectivity index (χ3v) is 5.52. The van der Waals surface area contributed by atoms with Gasteiger partial charge in [0.2, 0.25) is 5.82 Å². The molecule has 2 unspecified atom stereocenters. The molecule has 1 aliphatic carbocycles. The van der Waals surface area contributed by atoms with Crippen LogP contribution in [-0.4, -0.2) is 47.5 Å². The molecule has 1 aliphatic rings. The third-order valence-electron chi connectivity index (χ3n) is 5.26. The summed E-state index contributed by atoms with van der Waals surface area (Å²) in [6.45, 7) is 1.21. The van der Waals surface area contributed by atoms with Crippen molar-refractivity contribution in [2.24, 2.45) is 11.1 Å². The Morgan fingerprint density at radius 3 is 2.70 bits per heavy atom. The molecule has 0 spiro atoms. The van der Waals surface area contributed by atoms with Gasteiger partial charge in [0.15, 0.2) is 11.9 Å². The van der Waals surface area contributed by atoms with Crippen LogP contribution in [0.25, 0.3) is 11.3 Å². The lowest BCUT2D eigenvalue weighted by atomic mass is 9.87. The highest BCUT2D eigenvalue weighted by Crippen LogP contribution is 2.32. The van der Waals surface area contributed by atoms with Gasteiger partial charge in [-0.05, 0) is 38.3 Å². The van der Waals surface area contributed by atoms with Gasteiger partial charge < -0.3 is 14.9 Å². The van der Waals surface area contributed by atoms with Crippen molar-refractivity contribution in [1.82, 2.24) is 15.3 Å². The number of hydrogen-bond acceptors (Lipinski definition) is 6. The van der Waals surface area contributed by atoms with Crippen LogP contribution in [-0.2, 0) is 4.84 Å². The van der Waals surface area contributed by atoms with Gasteiger partial charge >= 0.3 is 6.18 Å². The molecule has 1 aromatic carbocycles. The molecule has 0 bridgehead atoms. The summed E-state index contributed by atoms with van der Waals surface area (Å²) in [5, 5.41) is 7.28. The fraction of sp³-hybridized carbons (Fsp3) is 0.455. The Bertz CT molecular complexity index is 999. The van der Waals surface area contributed by atoms with Gasteiger partial charge in [-0.15, -0.1) is 0 Å². The zero-order valence-electron chi connectivity index (χ0n) is 18.2. The molecule has 3 rings (SSSR count). The monoisotopic (exact) mass is 484 g/mol. The summed E-state index contributed by atoms with van der Waals surface area (Å²) in [6.07, 6.45) is -1.89. The number of halogens is 4. The average Bonchev–Trinajstić information content (AvgIpc) is 2.78. The van der Waals surface area contributed by atoms with E-state index in [2.05, 4.69) is 20.4 Å². The van der Waals surface area contributed by atoms with E-state index >= 15 is 0 Å². The molecule has 11 heteroatoms. The fourth-order valence-electron chi connectivity index (χ4n) is 3.46. The lowest BCUT2D eigenvalue weighted by molar-refractivity contribution is -0.189. The van der Waals surface area contributed by atoms with Gasteiger partial charge in [-0.1, -0.05) is 35.3 Å².